The Labute approximate surface area is 245 Å². The number of hydrogen-bond acceptors (Lipinski definition) is 13. The van der Waals surface area contributed by atoms with Gasteiger partial charge in [0.1, 0.15) is 48.5 Å². The summed E-state index contributed by atoms with van der Waals surface area (Å²) in [6, 6.07) is 8.80. The Morgan fingerprint density at radius 3 is 2.28 bits per heavy atom. The van der Waals surface area contributed by atoms with Gasteiger partial charge in [0.2, 0.25) is 13.1 Å². The van der Waals surface area contributed by atoms with Crippen molar-refractivity contribution in [2.24, 2.45) is 7.05 Å². The fourth-order valence-electron chi connectivity index (χ4n) is 5.69. The second-order valence-corrected chi connectivity index (χ2v) is 11.0. The number of aryl methyl sites for hydroxylation is 1. The van der Waals surface area contributed by atoms with Gasteiger partial charge in [-0.3, -0.25) is 0 Å². The van der Waals surface area contributed by atoms with Crippen molar-refractivity contribution in [3.8, 4) is 28.4 Å². The molecule has 0 unspecified atom stereocenters. The minimum Gasteiger partial charge on any atom is -0.461 e. The summed E-state index contributed by atoms with van der Waals surface area (Å²) < 4.78 is 36.0. The van der Waals surface area contributed by atoms with Crippen molar-refractivity contribution in [2.45, 2.75) is 74.9 Å². The van der Waals surface area contributed by atoms with E-state index in [1.54, 1.807) is 18.2 Å². The van der Waals surface area contributed by atoms with Crippen LogP contribution in [0.3, 0.4) is 0 Å². The second kappa shape index (κ2) is 11.8. The van der Waals surface area contributed by atoms with Crippen molar-refractivity contribution >= 4 is 10.9 Å². The molecule has 0 saturated carbocycles. The molecule has 14 nitrogen and oxygen atoms in total. The maximum absolute atomic E-state index is 10.9. The molecular weight excluding hydrogens is 570 g/mol. The van der Waals surface area contributed by atoms with Crippen molar-refractivity contribution in [3.63, 3.8) is 0 Å². The molecule has 0 amide bonds. The van der Waals surface area contributed by atoms with E-state index in [-0.39, 0.29) is 19.1 Å². The van der Waals surface area contributed by atoms with Gasteiger partial charge in [0.05, 0.1) is 24.8 Å². The molecule has 234 valence electrons. The molecule has 0 aliphatic carbocycles. The van der Waals surface area contributed by atoms with Crippen LogP contribution < -0.4 is 14.2 Å². The molecule has 3 aromatic rings. The molecule has 43 heavy (non-hydrogen) atoms. The highest BCUT2D eigenvalue weighted by atomic mass is 16.7. The van der Waals surface area contributed by atoms with E-state index in [0.717, 1.165) is 10.9 Å². The number of fused-ring (bicyclic) bond motifs is 2. The molecule has 2 saturated heterocycles. The molecule has 6 rings (SSSR count). The lowest BCUT2D eigenvalue weighted by Gasteiger charge is -2.42. The van der Waals surface area contributed by atoms with Crippen LogP contribution >= 0.6 is 0 Å². The molecule has 7 N–H and O–H groups in total. The van der Waals surface area contributed by atoms with Crippen LogP contribution in [0.25, 0.3) is 22.0 Å². The van der Waals surface area contributed by atoms with Crippen LogP contribution in [0.2, 0.25) is 0 Å². The third-order valence-corrected chi connectivity index (χ3v) is 8.18. The summed E-state index contributed by atoms with van der Waals surface area (Å²) in [5.74, 6) is 1.21. The van der Waals surface area contributed by atoms with Gasteiger partial charge in [-0.15, -0.1) is 0 Å². The first-order chi connectivity index (χ1) is 20.6. The fourth-order valence-corrected chi connectivity index (χ4v) is 5.69. The number of aliphatic hydroxyl groups excluding tert-OH is 7. The topological polar surface area (TPSA) is 202 Å². The lowest BCUT2D eigenvalue weighted by molar-refractivity contribution is -0.318. The molecule has 0 bridgehead atoms. The zero-order valence-electron chi connectivity index (χ0n) is 23.4. The molecule has 2 fully saturated rings. The van der Waals surface area contributed by atoms with Crippen molar-refractivity contribution in [2.75, 3.05) is 13.4 Å². The number of nitrogens with zero attached hydrogens (tertiary/aromatic N) is 1. The van der Waals surface area contributed by atoms with E-state index >= 15 is 0 Å². The summed E-state index contributed by atoms with van der Waals surface area (Å²) in [5, 5.41) is 73.6. The number of rotatable bonds is 7. The molecular formula is C29H35NO13. The first-order valence-corrected chi connectivity index (χ1v) is 13.9. The molecule has 3 aliphatic rings. The Hall–Kier alpha value is -3.02. The van der Waals surface area contributed by atoms with Gasteiger partial charge >= 0.3 is 0 Å². The first kappa shape index (κ1) is 30.0. The van der Waals surface area contributed by atoms with E-state index in [0.29, 0.717) is 28.2 Å². The summed E-state index contributed by atoms with van der Waals surface area (Å²) in [7, 11) is 1.85. The highest BCUT2D eigenvalue weighted by Crippen LogP contribution is 2.45. The first-order valence-electron chi connectivity index (χ1n) is 13.9. The highest BCUT2D eigenvalue weighted by molar-refractivity contribution is 5.99. The molecule has 14 heteroatoms. The molecule has 1 aromatic heterocycles. The predicted molar refractivity (Wildman–Crippen MR) is 146 cm³/mol. The maximum atomic E-state index is 10.9. The fraction of sp³-hybridized carbons (Fsp3) is 0.517. The molecule has 0 radical (unpaired) electrons. The van der Waals surface area contributed by atoms with Gasteiger partial charge in [-0.1, -0.05) is 0 Å². The number of ether oxygens (including phenoxy) is 6. The van der Waals surface area contributed by atoms with Gasteiger partial charge in [-0.25, -0.2) is 0 Å². The average Bonchev–Trinajstić information content (AvgIpc) is 3.63. The number of aromatic nitrogens is 1. The summed E-state index contributed by atoms with van der Waals surface area (Å²) >= 11 is 0. The van der Waals surface area contributed by atoms with Crippen LogP contribution in [0.4, 0.5) is 0 Å². The zero-order valence-corrected chi connectivity index (χ0v) is 23.4. The summed E-state index contributed by atoms with van der Waals surface area (Å²) in [6.07, 6.45) is -12.5. The smallest absolute Gasteiger partial charge is 0.231 e. The van der Waals surface area contributed by atoms with Crippen molar-refractivity contribution in [1.82, 2.24) is 4.57 Å². The van der Waals surface area contributed by atoms with Crippen LogP contribution in [-0.2, 0) is 27.9 Å². The Bertz CT molecular complexity index is 1460. The van der Waals surface area contributed by atoms with Gasteiger partial charge in [-0.2, -0.15) is 0 Å². The predicted octanol–water partition coefficient (Wildman–Crippen LogP) is -0.903. The van der Waals surface area contributed by atoms with Gasteiger partial charge in [-0.05, 0) is 48.4 Å². The monoisotopic (exact) mass is 605 g/mol. The SMILES string of the molecule is C[C@@H]1O[C@@H](OC[C@H]2O[C@@H](Oc3ccc4ccn(C)c4c3-c3cc4c(cc3CO)OCO4)[C@H](O)[C@@H](O)[C@@H]2O)[C@H](O)[C@H](O)[C@H]1O. The quantitative estimate of drug-likeness (QED) is 0.175. The molecule has 4 heterocycles. The summed E-state index contributed by atoms with van der Waals surface area (Å²) in [5.41, 5.74) is 2.41. The third kappa shape index (κ3) is 5.33. The minimum absolute atomic E-state index is 0.0362. The minimum atomic E-state index is -1.70. The highest BCUT2D eigenvalue weighted by Gasteiger charge is 2.47. The van der Waals surface area contributed by atoms with Crippen molar-refractivity contribution in [1.29, 1.82) is 0 Å². The zero-order chi connectivity index (χ0) is 30.6. The largest absolute Gasteiger partial charge is 0.461 e. The Balaban J connectivity index is 1.30. The van der Waals surface area contributed by atoms with Gasteiger partial charge in [0.25, 0.3) is 0 Å². The van der Waals surface area contributed by atoms with E-state index in [9.17, 15) is 35.7 Å². The summed E-state index contributed by atoms with van der Waals surface area (Å²) in [6.45, 7) is 0.783. The van der Waals surface area contributed by atoms with Crippen LogP contribution in [0.15, 0.2) is 36.5 Å². The lowest BCUT2D eigenvalue weighted by Crippen LogP contribution is -2.61. The van der Waals surface area contributed by atoms with Gasteiger partial charge in [0.15, 0.2) is 17.8 Å². The molecule has 0 spiro atoms. The van der Waals surface area contributed by atoms with Crippen LogP contribution in [-0.4, -0.2) is 115 Å². The van der Waals surface area contributed by atoms with E-state index in [1.807, 2.05) is 29.9 Å². The number of aliphatic hydroxyl groups is 7. The van der Waals surface area contributed by atoms with Crippen molar-refractivity contribution < 1.29 is 64.2 Å². The van der Waals surface area contributed by atoms with E-state index in [4.69, 9.17) is 28.4 Å². The van der Waals surface area contributed by atoms with Gasteiger partial charge in [0, 0.05) is 24.2 Å². The second-order valence-electron chi connectivity index (χ2n) is 11.0. The van der Waals surface area contributed by atoms with Crippen LogP contribution in [0.1, 0.15) is 12.5 Å². The molecule has 2 aromatic carbocycles. The standard InChI is InChI=1S/C29H35NO13/c1-12-22(32)24(34)26(36)28(41-12)38-10-19-23(33)25(35)27(37)29(43-19)42-16-4-3-13-5-6-30(2)21(13)20(16)15-8-18-17(39-11-40-18)7-14(15)9-31/h3-8,12,19,22-29,31-37H,9-11H2,1-2H3/t12-,19+,22-,23+,24+,25-,26+,27+,28+,29+/m0/s1. The number of benzene rings is 2. The molecule has 3 aliphatic heterocycles. The van der Waals surface area contributed by atoms with Gasteiger partial charge < -0.3 is 68.7 Å². The van der Waals surface area contributed by atoms with Crippen LogP contribution in [0.5, 0.6) is 17.2 Å². The third-order valence-electron chi connectivity index (χ3n) is 8.18. The van der Waals surface area contributed by atoms with E-state index < -0.39 is 68.0 Å². The van der Waals surface area contributed by atoms with Crippen LogP contribution in [0, 0.1) is 0 Å². The normalized spacial score (nSPS) is 34.1. The Kier molecular flexibility index (Phi) is 8.25. The Morgan fingerprint density at radius 2 is 1.53 bits per heavy atom. The maximum Gasteiger partial charge on any atom is 0.231 e. The number of hydrogen-bond donors (Lipinski definition) is 7. The summed E-state index contributed by atoms with van der Waals surface area (Å²) in [4.78, 5) is 0. The van der Waals surface area contributed by atoms with E-state index in [1.165, 1.54) is 6.92 Å². The van der Waals surface area contributed by atoms with Crippen molar-refractivity contribution in [3.05, 3.63) is 42.1 Å². The average molecular weight is 606 g/mol. The van der Waals surface area contributed by atoms with E-state index in [2.05, 4.69) is 0 Å². The Morgan fingerprint density at radius 1 is 0.837 bits per heavy atom. The lowest BCUT2D eigenvalue weighted by atomic mass is 9.96. The molecule has 10 atom stereocenters.